The van der Waals surface area contributed by atoms with E-state index in [2.05, 4.69) is 10.1 Å². The summed E-state index contributed by atoms with van der Waals surface area (Å²) in [6.45, 7) is 0.255. The lowest BCUT2D eigenvalue weighted by molar-refractivity contribution is -0.102. The molecule has 1 amide bonds. The van der Waals surface area contributed by atoms with Crippen LogP contribution < -0.4 is 4.74 Å². The van der Waals surface area contributed by atoms with Crippen LogP contribution in [0.4, 0.5) is 0 Å². The average molecular weight is 338 g/mol. The van der Waals surface area contributed by atoms with Crippen LogP contribution in [0.1, 0.15) is 15.9 Å². The van der Waals surface area contributed by atoms with Gasteiger partial charge in [0.1, 0.15) is 18.4 Å². The number of aromatic nitrogens is 3. The van der Waals surface area contributed by atoms with Crippen LogP contribution in [0, 0.1) is 0 Å². The van der Waals surface area contributed by atoms with E-state index < -0.39 is 0 Å². The number of amides is 1. The minimum Gasteiger partial charge on any atom is -0.496 e. The SMILES string of the molecule is COc1ccccc1CN(OC)C(=O)c1ccccc1-n1cncn1. The number of para-hydroxylation sites is 2. The largest absolute Gasteiger partial charge is 0.496 e. The fourth-order valence-electron chi connectivity index (χ4n) is 2.53. The summed E-state index contributed by atoms with van der Waals surface area (Å²) < 4.78 is 6.89. The number of hydrogen-bond donors (Lipinski definition) is 0. The van der Waals surface area contributed by atoms with Gasteiger partial charge in [-0.15, -0.1) is 0 Å². The Kier molecular flexibility index (Phi) is 5.06. The van der Waals surface area contributed by atoms with Crippen molar-refractivity contribution in [3.63, 3.8) is 0 Å². The van der Waals surface area contributed by atoms with E-state index in [1.54, 1.807) is 36.3 Å². The van der Waals surface area contributed by atoms with Crippen molar-refractivity contribution in [2.45, 2.75) is 6.54 Å². The average Bonchev–Trinajstić information content (AvgIpc) is 3.20. The van der Waals surface area contributed by atoms with Gasteiger partial charge >= 0.3 is 0 Å². The van der Waals surface area contributed by atoms with Crippen molar-refractivity contribution in [2.75, 3.05) is 14.2 Å². The molecule has 0 aliphatic carbocycles. The molecule has 1 aromatic heterocycles. The quantitative estimate of drug-likeness (QED) is 0.646. The molecule has 7 nitrogen and oxygen atoms in total. The zero-order valence-electron chi connectivity index (χ0n) is 14.0. The van der Waals surface area contributed by atoms with E-state index >= 15 is 0 Å². The second-order valence-corrected chi connectivity index (χ2v) is 5.19. The molecule has 0 saturated heterocycles. The molecule has 3 rings (SSSR count). The van der Waals surface area contributed by atoms with E-state index in [4.69, 9.17) is 9.57 Å². The molecule has 0 bridgehead atoms. The van der Waals surface area contributed by atoms with Crippen molar-refractivity contribution in [2.24, 2.45) is 0 Å². The number of carbonyl (C=O) groups excluding carboxylic acids is 1. The maximum absolute atomic E-state index is 13.0. The summed E-state index contributed by atoms with van der Waals surface area (Å²) in [7, 11) is 3.06. The van der Waals surface area contributed by atoms with Gasteiger partial charge in [0.05, 0.1) is 32.0 Å². The fourth-order valence-corrected chi connectivity index (χ4v) is 2.53. The summed E-state index contributed by atoms with van der Waals surface area (Å²) in [5, 5.41) is 5.39. The second-order valence-electron chi connectivity index (χ2n) is 5.19. The van der Waals surface area contributed by atoms with Gasteiger partial charge in [0.25, 0.3) is 5.91 Å². The molecule has 0 N–H and O–H groups in total. The minimum atomic E-state index is -0.278. The van der Waals surface area contributed by atoms with Crippen molar-refractivity contribution in [1.82, 2.24) is 19.8 Å². The summed E-state index contributed by atoms with van der Waals surface area (Å²) in [6.07, 6.45) is 2.97. The Labute approximate surface area is 145 Å². The van der Waals surface area contributed by atoms with Crippen LogP contribution in [0.2, 0.25) is 0 Å². The summed E-state index contributed by atoms with van der Waals surface area (Å²) >= 11 is 0. The van der Waals surface area contributed by atoms with Gasteiger partial charge in [0.15, 0.2) is 0 Å². The maximum atomic E-state index is 13.0. The molecule has 0 atom stereocenters. The third-order valence-corrected chi connectivity index (χ3v) is 3.75. The van der Waals surface area contributed by atoms with Gasteiger partial charge in [0, 0.05) is 5.56 Å². The van der Waals surface area contributed by atoms with E-state index in [-0.39, 0.29) is 12.5 Å². The van der Waals surface area contributed by atoms with E-state index in [1.807, 2.05) is 30.3 Å². The number of methoxy groups -OCH3 is 1. The van der Waals surface area contributed by atoms with Crippen molar-refractivity contribution >= 4 is 5.91 Å². The lowest BCUT2D eigenvalue weighted by Gasteiger charge is -2.22. The van der Waals surface area contributed by atoms with Crippen LogP contribution in [0.15, 0.2) is 61.2 Å². The number of rotatable bonds is 6. The summed E-state index contributed by atoms with van der Waals surface area (Å²) in [5.74, 6) is 0.418. The van der Waals surface area contributed by atoms with Gasteiger partial charge in [0.2, 0.25) is 0 Å². The van der Waals surface area contributed by atoms with Crippen molar-refractivity contribution in [3.8, 4) is 11.4 Å². The zero-order chi connectivity index (χ0) is 17.6. The molecule has 2 aromatic carbocycles. The number of nitrogens with zero attached hydrogens (tertiary/aromatic N) is 4. The first-order chi connectivity index (χ1) is 12.2. The monoisotopic (exact) mass is 338 g/mol. The summed E-state index contributed by atoms with van der Waals surface area (Å²) in [5.41, 5.74) is 1.94. The number of hydroxylamine groups is 2. The van der Waals surface area contributed by atoms with Crippen LogP contribution >= 0.6 is 0 Å². The molecule has 128 valence electrons. The van der Waals surface area contributed by atoms with Crippen molar-refractivity contribution in [1.29, 1.82) is 0 Å². The second kappa shape index (κ2) is 7.59. The molecule has 0 fully saturated rings. The molecular formula is C18H18N4O3. The Bertz CT molecular complexity index is 849. The van der Waals surface area contributed by atoms with Crippen LogP contribution in [0.25, 0.3) is 5.69 Å². The number of hydrogen-bond acceptors (Lipinski definition) is 5. The minimum absolute atomic E-state index is 0.255. The molecule has 3 aromatic rings. The molecule has 0 radical (unpaired) electrons. The predicted molar refractivity (Wildman–Crippen MR) is 91.2 cm³/mol. The van der Waals surface area contributed by atoms with Gasteiger partial charge in [-0.25, -0.2) is 14.7 Å². The topological polar surface area (TPSA) is 69.5 Å². The molecule has 0 aliphatic heterocycles. The maximum Gasteiger partial charge on any atom is 0.279 e. The number of ether oxygens (including phenoxy) is 1. The Balaban J connectivity index is 1.91. The summed E-state index contributed by atoms with van der Waals surface area (Å²) in [4.78, 5) is 22.3. The lowest BCUT2D eigenvalue weighted by atomic mass is 10.1. The van der Waals surface area contributed by atoms with Gasteiger partial charge < -0.3 is 4.74 Å². The Morgan fingerprint density at radius 3 is 2.60 bits per heavy atom. The van der Waals surface area contributed by atoms with Crippen molar-refractivity contribution < 1.29 is 14.4 Å². The first-order valence-electron chi connectivity index (χ1n) is 7.66. The van der Waals surface area contributed by atoms with Gasteiger partial charge in [-0.1, -0.05) is 30.3 Å². The smallest absolute Gasteiger partial charge is 0.279 e. The molecule has 0 unspecified atom stereocenters. The normalized spacial score (nSPS) is 10.5. The lowest BCUT2D eigenvalue weighted by Crippen LogP contribution is -2.30. The highest BCUT2D eigenvalue weighted by molar-refractivity contribution is 5.97. The molecule has 1 heterocycles. The Morgan fingerprint density at radius 2 is 1.88 bits per heavy atom. The third-order valence-electron chi connectivity index (χ3n) is 3.75. The van der Waals surface area contributed by atoms with Crippen LogP contribution in [0.3, 0.4) is 0 Å². The first kappa shape index (κ1) is 16.7. The molecule has 0 spiro atoms. The Hall–Kier alpha value is -3.19. The molecule has 25 heavy (non-hydrogen) atoms. The third kappa shape index (κ3) is 3.51. The highest BCUT2D eigenvalue weighted by Gasteiger charge is 2.21. The van der Waals surface area contributed by atoms with Crippen LogP contribution in [0.5, 0.6) is 5.75 Å². The molecule has 0 aliphatic rings. The van der Waals surface area contributed by atoms with Gasteiger partial charge in [-0.3, -0.25) is 9.63 Å². The number of carbonyl (C=O) groups is 1. The van der Waals surface area contributed by atoms with Crippen LogP contribution in [-0.4, -0.2) is 40.0 Å². The number of benzene rings is 2. The van der Waals surface area contributed by atoms with E-state index in [1.165, 1.54) is 18.5 Å². The predicted octanol–water partition coefficient (Wildman–Crippen LogP) is 2.48. The fraction of sp³-hybridized carbons (Fsp3) is 0.167. The summed E-state index contributed by atoms with van der Waals surface area (Å²) in [6, 6.07) is 14.7. The standard InChI is InChI=1S/C18H18N4O3/c1-24-17-10-6-3-7-14(17)11-22(25-2)18(23)15-8-4-5-9-16(15)21-13-19-12-20-21/h3-10,12-13H,11H2,1-2H3. The van der Waals surface area contributed by atoms with Crippen LogP contribution in [-0.2, 0) is 11.4 Å². The van der Waals surface area contributed by atoms with Crippen molar-refractivity contribution in [3.05, 3.63) is 72.3 Å². The highest BCUT2D eigenvalue weighted by Crippen LogP contribution is 2.22. The Morgan fingerprint density at radius 1 is 1.12 bits per heavy atom. The van der Waals surface area contributed by atoms with E-state index in [0.717, 1.165) is 5.56 Å². The molecule has 0 saturated carbocycles. The van der Waals surface area contributed by atoms with E-state index in [0.29, 0.717) is 17.0 Å². The first-order valence-corrected chi connectivity index (χ1v) is 7.66. The van der Waals surface area contributed by atoms with E-state index in [9.17, 15) is 4.79 Å². The van der Waals surface area contributed by atoms with Gasteiger partial charge in [-0.05, 0) is 18.2 Å². The molecule has 7 heteroatoms. The van der Waals surface area contributed by atoms with Gasteiger partial charge in [-0.2, -0.15) is 5.10 Å². The highest BCUT2D eigenvalue weighted by atomic mass is 16.7. The zero-order valence-corrected chi connectivity index (χ0v) is 14.0. The molecular weight excluding hydrogens is 320 g/mol.